The monoisotopic (exact) mass is 282 g/mol. The fraction of sp³-hybridized carbons (Fsp3) is 0.571. The van der Waals surface area contributed by atoms with Gasteiger partial charge in [0.25, 0.3) is 0 Å². The smallest absolute Gasteiger partial charge is 0.335 e. The lowest BCUT2D eigenvalue weighted by atomic mass is 10.1. The number of hydrogen-bond donors (Lipinski definition) is 2. The molecule has 1 rings (SSSR count). The molecule has 2 N–H and O–H groups in total. The van der Waals surface area contributed by atoms with Crippen LogP contribution in [0.1, 0.15) is 29.4 Å². The lowest BCUT2D eigenvalue weighted by Crippen LogP contribution is -2.32. The highest BCUT2D eigenvalue weighted by Crippen LogP contribution is 2.16. The highest BCUT2D eigenvalue weighted by atomic mass is 16.5. The molecular weight excluding hydrogens is 260 g/mol. The molecule has 0 radical (unpaired) electrons. The Kier molecular flexibility index (Phi) is 6.41. The molecule has 1 heterocycles. The number of methoxy groups -OCH3 is 1. The van der Waals surface area contributed by atoms with Gasteiger partial charge in [0.15, 0.2) is 0 Å². The van der Waals surface area contributed by atoms with Gasteiger partial charge >= 0.3 is 5.97 Å². The van der Waals surface area contributed by atoms with Crippen molar-refractivity contribution in [1.29, 1.82) is 0 Å². The Morgan fingerprint density at radius 1 is 1.50 bits per heavy atom. The molecule has 1 atom stereocenters. The molecule has 20 heavy (non-hydrogen) atoms. The molecular formula is C14H22N2O4. The molecule has 1 aromatic heterocycles. The van der Waals surface area contributed by atoms with Crippen molar-refractivity contribution < 1.29 is 19.7 Å². The largest absolute Gasteiger partial charge is 0.478 e. The number of carbonyl (C=O) groups is 1. The Hall–Kier alpha value is -1.66. The lowest BCUT2D eigenvalue weighted by molar-refractivity contribution is 0.0694. The number of rotatable bonds is 8. The van der Waals surface area contributed by atoms with Gasteiger partial charge in [0.2, 0.25) is 0 Å². The van der Waals surface area contributed by atoms with Gasteiger partial charge in [-0.05, 0) is 18.6 Å². The van der Waals surface area contributed by atoms with Crippen molar-refractivity contribution in [1.82, 2.24) is 4.98 Å². The number of carboxylic acid groups (broad SMARTS) is 1. The summed E-state index contributed by atoms with van der Waals surface area (Å²) in [6.07, 6.45) is 0.976. The first-order valence-corrected chi connectivity index (χ1v) is 6.60. The van der Waals surface area contributed by atoms with Crippen molar-refractivity contribution in [3.05, 3.63) is 23.4 Å². The molecule has 6 heteroatoms. The first-order valence-electron chi connectivity index (χ1n) is 6.60. The van der Waals surface area contributed by atoms with E-state index in [1.165, 1.54) is 13.2 Å². The molecule has 1 unspecified atom stereocenters. The van der Waals surface area contributed by atoms with E-state index in [0.29, 0.717) is 12.4 Å². The number of likely N-dealkylation sites (N-methyl/N-ethyl adjacent to an activating group) is 1. The van der Waals surface area contributed by atoms with Crippen LogP contribution in [0, 0.1) is 0 Å². The third-order valence-corrected chi connectivity index (χ3v) is 2.85. The predicted molar refractivity (Wildman–Crippen MR) is 76.3 cm³/mol. The van der Waals surface area contributed by atoms with Crippen LogP contribution in [-0.4, -0.2) is 54.6 Å². The number of aryl methyl sites for hydroxylation is 1. The zero-order valence-electron chi connectivity index (χ0n) is 12.2. The van der Waals surface area contributed by atoms with Crippen LogP contribution in [0.4, 0.5) is 5.82 Å². The molecule has 112 valence electrons. The first kappa shape index (κ1) is 16.4. The highest BCUT2D eigenvalue weighted by Gasteiger charge is 2.14. The summed E-state index contributed by atoms with van der Waals surface area (Å²) in [5.74, 6) is -0.430. The van der Waals surface area contributed by atoms with E-state index >= 15 is 0 Å². The maximum absolute atomic E-state index is 11.1. The van der Waals surface area contributed by atoms with Gasteiger partial charge in [-0.3, -0.25) is 0 Å². The number of aliphatic hydroxyl groups excluding tert-OH is 1. The van der Waals surface area contributed by atoms with Crippen LogP contribution in [0.2, 0.25) is 0 Å². The third kappa shape index (κ3) is 4.79. The average molecular weight is 282 g/mol. The fourth-order valence-corrected chi connectivity index (χ4v) is 1.93. The second kappa shape index (κ2) is 7.81. The number of hydrogen-bond acceptors (Lipinski definition) is 5. The molecule has 0 bridgehead atoms. The number of aliphatic hydroxyl groups is 1. The van der Waals surface area contributed by atoms with Crippen LogP contribution in [0.3, 0.4) is 0 Å². The number of carboxylic acids is 1. The standard InChI is InChI=1S/C14H22N2O4/c1-4-5-11-6-10(14(18)19)7-13(15-11)16(2)8-12(17)9-20-3/h6-7,12,17H,4-5,8-9H2,1-3H3,(H,18,19). The molecule has 0 aliphatic heterocycles. The van der Waals surface area contributed by atoms with Crippen molar-refractivity contribution >= 4 is 11.8 Å². The summed E-state index contributed by atoms with van der Waals surface area (Å²) in [4.78, 5) is 17.3. The topological polar surface area (TPSA) is 82.9 Å². The SMILES string of the molecule is CCCc1cc(C(=O)O)cc(N(C)CC(O)COC)n1. The molecule has 0 fully saturated rings. The molecule has 0 amide bonds. The van der Waals surface area contributed by atoms with Crippen LogP contribution in [-0.2, 0) is 11.2 Å². The normalized spacial score (nSPS) is 12.2. The Balaban J connectivity index is 2.94. The van der Waals surface area contributed by atoms with Crippen molar-refractivity contribution in [3.63, 3.8) is 0 Å². The number of ether oxygens (including phenoxy) is 1. The van der Waals surface area contributed by atoms with Crippen LogP contribution in [0.15, 0.2) is 12.1 Å². The fourth-order valence-electron chi connectivity index (χ4n) is 1.93. The molecule has 0 saturated carbocycles. The van der Waals surface area contributed by atoms with E-state index in [1.807, 2.05) is 6.92 Å². The van der Waals surface area contributed by atoms with Gasteiger partial charge in [-0.1, -0.05) is 13.3 Å². The van der Waals surface area contributed by atoms with Gasteiger partial charge in [0.1, 0.15) is 5.82 Å². The van der Waals surface area contributed by atoms with E-state index in [9.17, 15) is 9.90 Å². The maximum atomic E-state index is 11.1. The second-order valence-corrected chi connectivity index (χ2v) is 4.75. The molecule has 0 aliphatic rings. The Bertz CT molecular complexity index is 451. The zero-order chi connectivity index (χ0) is 15.1. The molecule has 6 nitrogen and oxygen atoms in total. The maximum Gasteiger partial charge on any atom is 0.335 e. The number of pyridine rings is 1. The number of aromatic nitrogens is 1. The van der Waals surface area contributed by atoms with Crippen molar-refractivity contribution in [2.24, 2.45) is 0 Å². The lowest BCUT2D eigenvalue weighted by Gasteiger charge is -2.22. The summed E-state index contributed by atoms with van der Waals surface area (Å²) in [7, 11) is 3.29. The molecule has 1 aromatic rings. The third-order valence-electron chi connectivity index (χ3n) is 2.85. The van der Waals surface area contributed by atoms with Crippen LogP contribution in [0.5, 0.6) is 0 Å². The van der Waals surface area contributed by atoms with Gasteiger partial charge < -0.3 is 19.8 Å². The molecule has 0 aromatic carbocycles. The van der Waals surface area contributed by atoms with Gasteiger partial charge in [-0.25, -0.2) is 9.78 Å². The molecule has 0 saturated heterocycles. The van der Waals surface area contributed by atoms with E-state index in [2.05, 4.69) is 4.98 Å². The zero-order valence-corrected chi connectivity index (χ0v) is 12.2. The van der Waals surface area contributed by atoms with Gasteiger partial charge in [-0.15, -0.1) is 0 Å². The highest BCUT2D eigenvalue weighted by molar-refractivity contribution is 5.88. The summed E-state index contributed by atoms with van der Waals surface area (Å²) in [5.41, 5.74) is 0.960. The second-order valence-electron chi connectivity index (χ2n) is 4.75. The minimum Gasteiger partial charge on any atom is -0.478 e. The van der Waals surface area contributed by atoms with Crippen molar-refractivity contribution in [2.75, 3.05) is 32.2 Å². The van der Waals surface area contributed by atoms with Gasteiger partial charge in [0.05, 0.1) is 18.3 Å². The van der Waals surface area contributed by atoms with Crippen LogP contribution < -0.4 is 4.90 Å². The van der Waals surface area contributed by atoms with Crippen LogP contribution in [0.25, 0.3) is 0 Å². The van der Waals surface area contributed by atoms with Gasteiger partial charge in [0, 0.05) is 26.4 Å². The average Bonchev–Trinajstić information content (AvgIpc) is 2.38. The number of nitrogens with zero attached hydrogens (tertiary/aromatic N) is 2. The van der Waals surface area contributed by atoms with Gasteiger partial charge in [-0.2, -0.15) is 0 Å². The quantitative estimate of drug-likeness (QED) is 0.745. The summed E-state index contributed by atoms with van der Waals surface area (Å²) >= 11 is 0. The number of anilines is 1. The Morgan fingerprint density at radius 3 is 2.75 bits per heavy atom. The summed E-state index contributed by atoms with van der Waals surface area (Å²) in [6.45, 7) is 2.57. The van der Waals surface area contributed by atoms with E-state index in [-0.39, 0.29) is 12.2 Å². The van der Waals surface area contributed by atoms with E-state index in [4.69, 9.17) is 9.84 Å². The summed E-state index contributed by atoms with van der Waals surface area (Å²) in [6, 6.07) is 3.11. The summed E-state index contributed by atoms with van der Waals surface area (Å²) < 4.78 is 4.87. The number of aromatic carboxylic acids is 1. The van der Waals surface area contributed by atoms with E-state index in [0.717, 1.165) is 18.5 Å². The first-order chi connectivity index (χ1) is 9.47. The predicted octanol–water partition coefficient (Wildman–Crippen LogP) is 1.18. The Morgan fingerprint density at radius 2 is 2.20 bits per heavy atom. The Labute approximate surface area is 119 Å². The van der Waals surface area contributed by atoms with Crippen LogP contribution >= 0.6 is 0 Å². The van der Waals surface area contributed by atoms with E-state index in [1.54, 1.807) is 18.0 Å². The minimum absolute atomic E-state index is 0.214. The minimum atomic E-state index is -0.975. The molecule has 0 aliphatic carbocycles. The van der Waals surface area contributed by atoms with E-state index < -0.39 is 12.1 Å². The van der Waals surface area contributed by atoms with Crippen molar-refractivity contribution in [2.45, 2.75) is 25.9 Å². The molecule has 0 spiro atoms. The van der Waals surface area contributed by atoms with Crippen molar-refractivity contribution in [3.8, 4) is 0 Å². The summed E-state index contributed by atoms with van der Waals surface area (Å²) in [5, 5.41) is 18.9.